The molecule has 0 unspecified atom stereocenters. The van der Waals surface area contributed by atoms with Crippen molar-refractivity contribution in [3.63, 3.8) is 0 Å². The van der Waals surface area contributed by atoms with E-state index < -0.39 is 0 Å². The molecule has 0 radical (unpaired) electrons. The van der Waals surface area contributed by atoms with Gasteiger partial charge in [-0.2, -0.15) is 5.21 Å². The zero-order chi connectivity index (χ0) is 21.0. The van der Waals surface area contributed by atoms with Gasteiger partial charge in [0.25, 0.3) is 0 Å². The number of aryl methyl sites for hydroxylation is 2. The first-order valence-corrected chi connectivity index (χ1v) is 10.9. The molecular weight excluding hydrogens is 398 g/mol. The molecule has 0 fully saturated rings. The van der Waals surface area contributed by atoms with Crippen LogP contribution >= 0.6 is 0 Å². The molecule has 32 heavy (non-hydrogen) atoms. The Balaban J connectivity index is 0.00000245. The van der Waals surface area contributed by atoms with Crippen molar-refractivity contribution in [2.75, 3.05) is 0 Å². The summed E-state index contributed by atoms with van der Waals surface area (Å²) in [6, 6.07) is 18.7. The normalized spacial score (nSPS) is 12.7. The first kappa shape index (κ1) is 21.7. The molecule has 1 aliphatic rings. The number of fused-ring (bicyclic) bond motifs is 1. The lowest BCUT2D eigenvalue weighted by molar-refractivity contribution is 0.300. The van der Waals surface area contributed by atoms with Crippen LogP contribution in [0.15, 0.2) is 54.6 Å². The summed E-state index contributed by atoms with van der Waals surface area (Å²) in [4.78, 5) is 4.83. The van der Waals surface area contributed by atoms with Gasteiger partial charge < -0.3 is 4.74 Å². The zero-order valence-corrected chi connectivity index (χ0v) is 17.6. The van der Waals surface area contributed by atoms with Crippen molar-refractivity contribution >= 4 is 0 Å². The van der Waals surface area contributed by atoms with Crippen molar-refractivity contribution in [3.8, 4) is 28.3 Å². The van der Waals surface area contributed by atoms with E-state index in [2.05, 4.69) is 63.9 Å². The molecule has 4 aromatic rings. The number of pyridine rings is 1. The maximum absolute atomic E-state index is 6.29. The van der Waals surface area contributed by atoms with E-state index in [1.807, 2.05) is 18.2 Å². The van der Waals surface area contributed by atoms with Gasteiger partial charge in [0.05, 0.1) is 0 Å². The molecule has 1 aliphatic carbocycles. The monoisotopic (exact) mass is 427 g/mol. The van der Waals surface area contributed by atoms with E-state index in [-0.39, 0.29) is 7.43 Å². The Bertz CT molecular complexity index is 1170. The standard InChI is InChI=1S/C25H25N5O.CH4/c1-2-19-15-24(22-9-5-6-10-23(22)26-19)31-16-17-11-13-18(14-12-17)20-7-3-4-8-21(20)25-27-29-30-28-25;/h3-4,7-8,11-15H,2,5-6,9-10,16H2,1H3,(H,27,28,29,30);1H4. The summed E-state index contributed by atoms with van der Waals surface area (Å²) in [5.74, 6) is 1.60. The Morgan fingerprint density at radius 2 is 1.75 bits per heavy atom. The van der Waals surface area contributed by atoms with Crippen LogP contribution in [-0.4, -0.2) is 25.6 Å². The van der Waals surface area contributed by atoms with Crippen LogP contribution in [-0.2, 0) is 25.9 Å². The number of hydrogen-bond donors (Lipinski definition) is 1. The summed E-state index contributed by atoms with van der Waals surface area (Å²) in [5.41, 5.74) is 7.93. The van der Waals surface area contributed by atoms with Gasteiger partial charge >= 0.3 is 0 Å². The molecule has 0 spiro atoms. The number of ether oxygens (including phenoxy) is 1. The quantitative estimate of drug-likeness (QED) is 0.434. The predicted molar refractivity (Wildman–Crippen MR) is 126 cm³/mol. The lowest BCUT2D eigenvalue weighted by atomic mass is 9.94. The van der Waals surface area contributed by atoms with Crippen LogP contribution in [0.1, 0.15) is 49.7 Å². The van der Waals surface area contributed by atoms with Crippen LogP contribution in [0, 0.1) is 0 Å². The molecule has 0 saturated heterocycles. The molecule has 0 aliphatic heterocycles. The van der Waals surface area contributed by atoms with Gasteiger partial charge in [-0.1, -0.05) is 62.9 Å². The van der Waals surface area contributed by atoms with Crippen molar-refractivity contribution in [2.45, 2.75) is 53.1 Å². The molecule has 2 aromatic carbocycles. The van der Waals surface area contributed by atoms with Gasteiger partial charge in [-0.3, -0.25) is 4.98 Å². The summed E-state index contributed by atoms with van der Waals surface area (Å²) >= 11 is 0. The lowest BCUT2D eigenvalue weighted by Gasteiger charge is -2.20. The molecule has 6 nitrogen and oxygen atoms in total. The molecule has 0 amide bonds. The van der Waals surface area contributed by atoms with Crippen molar-refractivity contribution in [1.82, 2.24) is 25.6 Å². The topological polar surface area (TPSA) is 76.6 Å². The number of nitrogens with zero attached hydrogens (tertiary/aromatic N) is 4. The number of hydrogen-bond acceptors (Lipinski definition) is 5. The fourth-order valence-corrected chi connectivity index (χ4v) is 4.18. The third kappa shape index (κ3) is 4.40. The minimum absolute atomic E-state index is 0. The van der Waals surface area contributed by atoms with Gasteiger partial charge in [0.15, 0.2) is 0 Å². The average Bonchev–Trinajstić information content (AvgIpc) is 3.37. The van der Waals surface area contributed by atoms with Gasteiger partial charge in [-0.15, -0.1) is 10.2 Å². The number of benzene rings is 2. The Kier molecular flexibility index (Phi) is 6.59. The fourth-order valence-electron chi connectivity index (χ4n) is 4.18. The van der Waals surface area contributed by atoms with Crippen LogP contribution in [0.3, 0.4) is 0 Å². The largest absolute Gasteiger partial charge is 0.488 e. The van der Waals surface area contributed by atoms with Crippen molar-refractivity contribution in [1.29, 1.82) is 0 Å². The van der Waals surface area contributed by atoms with Crippen LogP contribution < -0.4 is 4.74 Å². The highest BCUT2D eigenvalue weighted by Crippen LogP contribution is 2.32. The summed E-state index contributed by atoms with van der Waals surface area (Å²) in [7, 11) is 0. The number of rotatable bonds is 6. The molecular formula is C26H29N5O. The smallest absolute Gasteiger partial charge is 0.205 e. The number of tetrazole rings is 1. The van der Waals surface area contributed by atoms with E-state index in [4.69, 9.17) is 9.72 Å². The van der Waals surface area contributed by atoms with Crippen molar-refractivity contribution in [2.24, 2.45) is 0 Å². The minimum atomic E-state index is 0. The lowest BCUT2D eigenvalue weighted by Crippen LogP contribution is -2.10. The highest BCUT2D eigenvalue weighted by atomic mass is 16.5. The number of aromatic nitrogens is 5. The molecule has 6 heteroatoms. The highest BCUT2D eigenvalue weighted by molar-refractivity contribution is 5.80. The summed E-state index contributed by atoms with van der Waals surface area (Å²) < 4.78 is 6.29. The first-order chi connectivity index (χ1) is 15.3. The van der Waals surface area contributed by atoms with Crippen LogP contribution in [0.2, 0.25) is 0 Å². The van der Waals surface area contributed by atoms with Gasteiger partial charge in [-0.25, -0.2) is 0 Å². The molecule has 2 aromatic heterocycles. The second-order valence-electron chi connectivity index (χ2n) is 7.86. The third-order valence-corrected chi connectivity index (χ3v) is 5.85. The van der Waals surface area contributed by atoms with E-state index in [9.17, 15) is 0 Å². The second kappa shape index (κ2) is 9.73. The molecule has 1 N–H and O–H groups in total. The van der Waals surface area contributed by atoms with E-state index >= 15 is 0 Å². The van der Waals surface area contributed by atoms with E-state index in [0.717, 1.165) is 53.0 Å². The van der Waals surface area contributed by atoms with E-state index in [0.29, 0.717) is 12.4 Å². The number of aromatic amines is 1. The first-order valence-electron chi connectivity index (χ1n) is 10.9. The maximum atomic E-state index is 6.29. The Morgan fingerprint density at radius 1 is 0.969 bits per heavy atom. The third-order valence-electron chi connectivity index (χ3n) is 5.85. The van der Waals surface area contributed by atoms with Crippen LogP contribution in [0.25, 0.3) is 22.5 Å². The molecule has 0 bridgehead atoms. The van der Waals surface area contributed by atoms with Crippen LogP contribution in [0.5, 0.6) is 5.75 Å². The predicted octanol–water partition coefficient (Wildman–Crippen LogP) is 5.59. The van der Waals surface area contributed by atoms with Crippen LogP contribution in [0.4, 0.5) is 0 Å². The van der Waals surface area contributed by atoms with Gasteiger partial charge in [0, 0.05) is 28.6 Å². The Labute approximate surface area is 189 Å². The average molecular weight is 428 g/mol. The van der Waals surface area contributed by atoms with E-state index in [1.165, 1.54) is 24.1 Å². The fraction of sp³-hybridized carbons (Fsp3) is 0.308. The molecule has 5 rings (SSSR count). The maximum Gasteiger partial charge on any atom is 0.205 e. The Morgan fingerprint density at radius 3 is 2.50 bits per heavy atom. The zero-order valence-electron chi connectivity index (χ0n) is 17.6. The molecule has 0 saturated carbocycles. The highest BCUT2D eigenvalue weighted by Gasteiger charge is 2.17. The van der Waals surface area contributed by atoms with Crippen molar-refractivity contribution < 1.29 is 4.74 Å². The molecule has 2 heterocycles. The summed E-state index contributed by atoms with van der Waals surface area (Å²) in [6.07, 6.45) is 5.49. The molecule has 164 valence electrons. The van der Waals surface area contributed by atoms with Gasteiger partial charge in [0.2, 0.25) is 5.82 Å². The minimum Gasteiger partial charge on any atom is -0.488 e. The second-order valence-corrected chi connectivity index (χ2v) is 7.86. The number of H-pyrrole nitrogens is 1. The summed E-state index contributed by atoms with van der Waals surface area (Å²) in [6.45, 7) is 2.69. The number of nitrogens with one attached hydrogen (secondary N) is 1. The Hall–Kier alpha value is -3.54. The summed E-state index contributed by atoms with van der Waals surface area (Å²) in [5, 5.41) is 14.5. The van der Waals surface area contributed by atoms with Crippen molar-refractivity contribution in [3.05, 3.63) is 77.1 Å². The van der Waals surface area contributed by atoms with Gasteiger partial charge in [-0.05, 0) is 54.0 Å². The van der Waals surface area contributed by atoms with Gasteiger partial charge in [0.1, 0.15) is 12.4 Å². The molecule has 0 atom stereocenters. The van der Waals surface area contributed by atoms with E-state index in [1.54, 1.807) is 0 Å². The SMILES string of the molecule is C.CCc1cc(OCc2ccc(-c3ccccc3-c3nn[nH]n3)cc2)c2c(n1)CCCC2.